The Morgan fingerprint density at radius 2 is 2.00 bits per heavy atom. The molecule has 1 N–H and O–H groups in total. The lowest BCUT2D eigenvalue weighted by molar-refractivity contribution is 0.468. The van der Waals surface area contributed by atoms with Crippen LogP contribution in [0.4, 0.5) is 5.69 Å². The highest BCUT2D eigenvalue weighted by molar-refractivity contribution is 7.98. The van der Waals surface area contributed by atoms with Crippen molar-refractivity contribution >= 4 is 17.4 Å². The van der Waals surface area contributed by atoms with Gasteiger partial charge in [0.15, 0.2) is 0 Å². The number of benzene rings is 1. The summed E-state index contributed by atoms with van der Waals surface area (Å²) in [6.45, 7) is 5.97. The predicted octanol–water partition coefficient (Wildman–Crippen LogP) is 3.27. The normalized spacial score (nSPS) is 10.9. The van der Waals surface area contributed by atoms with Gasteiger partial charge in [0.05, 0.1) is 6.54 Å². The molecule has 0 saturated carbocycles. The van der Waals surface area contributed by atoms with E-state index < -0.39 is 0 Å². The highest BCUT2D eigenvalue weighted by Gasteiger charge is 2.05. The molecule has 0 aliphatic heterocycles. The van der Waals surface area contributed by atoms with Gasteiger partial charge < -0.3 is 5.32 Å². The lowest BCUT2D eigenvalue weighted by Crippen LogP contribution is -2.13. The second-order valence-corrected chi connectivity index (χ2v) is 5.71. The largest absolute Gasteiger partial charge is 0.378 e. The van der Waals surface area contributed by atoms with E-state index in [0.717, 1.165) is 18.1 Å². The van der Waals surface area contributed by atoms with Crippen LogP contribution in [0.25, 0.3) is 0 Å². The highest BCUT2D eigenvalue weighted by atomic mass is 32.2. The molecule has 0 aliphatic carbocycles. The van der Waals surface area contributed by atoms with Gasteiger partial charge in [0.2, 0.25) is 0 Å². The Morgan fingerprint density at radius 1 is 1.26 bits per heavy atom. The van der Waals surface area contributed by atoms with E-state index in [0.29, 0.717) is 12.5 Å². The van der Waals surface area contributed by atoms with Crippen molar-refractivity contribution in [1.82, 2.24) is 14.8 Å². The van der Waals surface area contributed by atoms with Crippen molar-refractivity contribution in [1.29, 1.82) is 0 Å². The van der Waals surface area contributed by atoms with E-state index in [9.17, 15) is 0 Å². The Labute approximate surface area is 118 Å². The quantitative estimate of drug-likeness (QED) is 0.822. The summed E-state index contributed by atoms with van der Waals surface area (Å²) in [4.78, 5) is 5.58. The van der Waals surface area contributed by atoms with Crippen LogP contribution in [0.1, 0.15) is 19.7 Å². The van der Waals surface area contributed by atoms with Crippen LogP contribution in [0.5, 0.6) is 0 Å². The molecule has 0 fully saturated rings. The second-order valence-electron chi connectivity index (χ2n) is 4.83. The number of thioether (sulfide) groups is 1. The Kier molecular flexibility index (Phi) is 4.85. The van der Waals surface area contributed by atoms with Crippen LogP contribution in [-0.2, 0) is 13.1 Å². The molecule has 2 aromatic rings. The standard InChI is InChI=1S/C14H20N4S/c1-11(2)9-18-14(16-10-17-18)8-15-12-4-6-13(19-3)7-5-12/h4-7,10-11,15H,8-9H2,1-3H3. The third kappa shape index (κ3) is 3.99. The molecule has 19 heavy (non-hydrogen) atoms. The summed E-state index contributed by atoms with van der Waals surface area (Å²) in [5.41, 5.74) is 1.11. The third-order valence-corrected chi connectivity index (χ3v) is 3.52. The summed E-state index contributed by atoms with van der Waals surface area (Å²) in [5, 5.41) is 7.64. The van der Waals surface area contributed by atoms with E-state index in [4.69, 9.17) is 0 Å². The summed E-state index contributed by atoms with van der Waals surface area (Å²) >= 11 is 1.75. The fraction of sp³-hybridized carbons (Fsp3) is 0.429. The summed E-state index contributed by atoms with van der Waals surface area (Å²) < 4.78 is 1.97. The van der Waals surface area contributed by atoms with Gasteiger partial charge in [0.25, 0.3) is 0 Å². The van der Waals surface area contributed by atoms with Crippen molar-refractivity contribution in [3.63, 3.8) is 0 Å². The second kappa shape index (κ2) is 6.61. The van der Waals surface area contributed by atoms with Gasteiger partial charge >= 0.3 is 0 Å². The SMILES string of the molecule is CSc1ccc(NCc2ncnn2CC(C)C)cc1. The van der Waals surface area contributed by atoms with Gasteiger partial charge in [-0.05, 0) is 36.4 Å². The first kappa shape index (κ1) is 13.9. The molecule has 102 valence electrons. The summed E-state index contributed by atoms with van der Waals surface area (Å²) in [7, 11) is 0. The van der Waals surface area contributed by atoms with Crippen LogP contribution in [0.3, 0.4) is 0 Å². The number of hydrogen-bond acceptors (Lipinski definition) is 4. The number of anilines is 1. The van der Waals surface area contributed by atoms with Crippen LogP contribution in [0, 0.1) is 5.92 Å². The summed E-state index contributed by atoms with van der Waals surface area (Å²) in [6.07, 6.45) is 3.70. The average molecular weight is 276 g/mol. The zero-order valence-corrected chi connectivity index (χ0v) is 12.4. The Bertz CT molecular complexity index is 504. The molecular weight excluding hydrogens is 256 g/mol. The first-order valence-electron chi connectivity index (χ1n) is 6.43. The maximum Gasteiger partial charge on any atom is 0.146 e. The molecule has 0 unspecified atom stereocenters. The topological polar surface area (TPSA) is 42.7 Å². The molecular formula is C14H20N4S. The number of hydrogen-bond donors (Lipinski definition) is 1. The minimum atomic E-state index is 0.571. The summed E-state index contributed by atoms with van der Waals surface area (Å²) in [6, 6.07) is 8.42. The molecule has 1 aromatic heterocycles. The average Bonchev–Trinajstić information content (AvgIpc) is 2.83. The van der Waals surface area contributed by atoms with Crippen molar-refractivity contribution in [2.45, 2.75) is 31.8 Å². The van der Waals surface area contributed by atoms with Gasteiger partial charge in [-0.1, -0.05) is 13.8 Å². The number of nitrogens with zero attached hydrogens (tertiary/aromatic N) is 3. The Hall–Kier alpha value is -1.49. The fourth-order valence-electron chi connectivity index (χ4n) is 1.81. The number of nitrogens with one attached hydrogen (secondary N) is 1. The van der Waals surface area contributed by atoms with Gasteiger partial charge in [0.1, 0.15) is 12.2 Å². The van der Waals surface area contributed by atoms with Gasteiger partial charge in [0, 0.05) is 17.1 Å². The molecule has 1 aromatic carbocycles. The minimum Gasteiger partial charge on any atom is -0.378 e. The molecule has 5 heteroatoms. The first-order chi connectivity index (χ1) is 9.19. The van der Waals surface area contributed by atoms with Crippen molar-refractivity contribution in [3.05, 3.63) is 36.4 Å². The number of aromatic nitrogens is 3. The van der Waals surface area contributed by atoms with Crippen LogP contribution >= 0.6 is 11.8 Å². The Morgan fingerprint density at radius 3 is 2.63 bits per heavy atom. The van der Waals surface area contributed by atoms with E-state index in [1.165, 1.54) is 4.90 Å². The van der Waals surface area contributed by atoms with Crippen molar-refractivity contribution < 1.29 is 0 Å². The van der Waals surface area contributed by atoms with Crippen LogP contribution in [-0.4, -0.2) is 21.0 Å². The predicted molar refractivity (Wildman–Crippen MR) is 80.4 cm³/mol. The molecule has 0 spiro atoms. The van der Waals surface area contributed by atoms with Crippen LogP contribution < -0.4 is 5.32 Å². The molecule has 1 heterocycles. The maximum absolute atomic E-state index is 4.30. The van der Waals surface area contributed by atoms with Gasteiger partial charge in [-0.15, -0.1) is 11.8 Å². The van der Waals surface area contributed by atoms with Crippen molar-refractivity contribution in [3.8, 4) is 0 Å². The zero-order valence-electron chi connectivity index (χ0n) is 11.6. The van der Waals surface area contributed by atoms with Gasteiger partial charge in [-0.2, -0.15) is 5.10 Å². The summed E-state index contributed by atoms with van der Waals surface area (Å²) in [5.74, 6) is 1.55. The van der Waals surface area contributed by atoms with Crippen molar-refractivity contribution in [2.75, 3.05) is 11.6 Å². The van der Waals surface area contributed by atoms with E-state index in [1.54, 1.807) is 18.1 Å². The molecule has 0 aliphatic rings. The van der Waals surface area contributed by atoms with Gasteiger partial charge in [-0.3, -0.25) is 0 Å². The van der Waals surface area contributed by atoms with E-state index >= 15 is 0 Å². The Balaban J connectivity index is 1.96. The van der Waals surface area contributed by atoms with Crippen LogP contribution in [0.2, 0.25) is 0 Å². The zero-order chi connectivity index (χ0) is 13.7. The monoisotopic (exact) mass is 276 g/mol. The van der Waals surface area contributed by atoms with E-state index in [1.807, 2.05) is 4.68 Å². The highest BCUT2D eigenvalue weighted by Crippen LogP contribution is 2.17. The van der Waals surface area contributed by atoms with E-state index in [-0.39, 0.29) is 0 Å². The third-order valence-electron chi connectivity index (χ3n) is 2.77. The molecule has 0 bridgehead atoms. The lowest BCUT2D eigenvalue weighted by Gasteiger charge is -2.10. The molecule has 0 atom stereocenters. The molecule has 2 rings (SSSR count). The van der Waals surface area contributed by atoms with Gasteiger partial charge in [-0.25, -0.2) is 9.67 Å². The lowest BCUT2D eigenvalue weighted by atomic mass is 10.2. The maximum atomic E-state index is 4.30. The molecule has 4 nitrogen and oxygen atoms in total. The molecule has 0 saturated heterocycles. The first-order valence-corrected chi connectivity index (χ1v) is 7.66. The molecule has 0 radical (unpaired) electrons. The molecule has 0 amide bonds. The minimum absolute atomic E-state index is 0.571. The van der Waals surface area contributed by atoms with E-state index in [2.05, 4.69) is 59.8 Å². The smallest absolute Gasteiger partial charge is 0.146 e. The fourth-order valence-corrected chi connectivity index (χ4v) is 2.22. The van der Waals surface area contributed by atoms with Crippen LogP contribution in [0.15, 0.2) is 35.5 Å². The van der Waals surface area contributed by atoms with Crippen molar-refractivity contribution in [2.24, 2.45) is 5.92 Å². The number of rotatable bonds is 6.